The molecule has 2 rings (SSSR count). The van der Waals surface area contributed by atoms with Crippen LogP contribution in [0.4, 0.5) is 24.7 Å². The number of rotatable bonds is 4. The zero-order valence-corrected chi connectivity index (χ0v) is 13.4. The molecule has 0 aliphatic heterocycles. The summed E-state index contributed by atoms with van der Waals surface area (Å²) in [5.74, 6) is -0.260. The van der Waals surface area contributed by atoms with E-state index in [0.29, 0.717) is 5.69 Å². The second-order valence-electron chi connectivity index (χ2n) is 4.36. The number of hydrogen-bond donors (Lipinski definition) is 0. The summed E-state index contributed by atoms with van der Waals surface area (Å²) in [4.78, 5) is 8.84. The highest BCUT2D eigenvalue weighted by atomic mass is 79.9. The second kappa shape index (κ2) is 6.51. The van der Waals surface area contributed by atoms with Crippen LogP contribution in [0.25, 0.3) is 0 Å². The lowest BCUT2D eigenvalue weighted by Crippen LogP contribution is -2.19. The fourth-order valence-corrected chi connectivity index (χ4v) is 2.21. The minimum absolute atomic E-state index is 0.0904. The largest absolute Gasteiger partial charge is 0.464 e. The van der Waals surface area contributed by atoms with Gasteiger partial charge in [-0.2, -0.15) is 18.2 Å². The Balaban J connectivity index is 2.52. The van der Waals surface area contributed by atoms with Gasteiger partial charge in [-0.15, -0.1) is 0 Å². The standard InChI is InChI=1S/C14H13BrF3N3O/c1-3-22-13-19-8-11(14(16,17)18)12(20-13)21(2)10-6-4-5-9(15)7-10/h4-8H,3H2,1-2H3. The molecule has 2 aromatic rings. The first-order chi connectivity index (χ1) is 10.3. The lowest BCUT2D eigenvalue weighted by Gasteiger charge is -2.22. The number of alkyl halides is 3. The number of aromatic nitrogens is 2. The fourth-order valence-electron chi connectivity index (χ4n) is 1.82. The molecular weight excluding hydrogens is 363 g/mol. The normalized spacial score (nSPS) is 11.4. The minimum atomic E-state index is -4.56. The highest BCUT2D eigenvalue weighted by Crippen LogP contribution is 2.38. The number of benzene rings is 1. The van der Waals surface area contributed by atoms with E-state index in [9.17, 15) is 13.2 Å². The van der Waals surface area contributed by atoms with Crippen LogP contribution in [0.1, 0.15) is 12.5 Å². The Bertz CT molecular complexity index is 664. The van der Waals surface area contributed by atoms with E-state index in [1.807, 2.05) is 0 Å². The average molecular weight is 376 g/mol. The van der Waals surface area contributed by atoms with Gasteiger partial charge in [-0.3, -0.25) is 0 Å². The zero-order chi connectivity index (χ0) is 16.3. The third kappa shape index (κ3) is 3.68. The molecule has 0 spiro atoms. The van der Waals surface area contributed by atoms with E-state index in [2.05, 4.69) is 25.9 Å². The van der Waals surface area contributed by atoms with E-state index in [-0.39, 0.29) is 18.4 Å². The molecule has 0 amide bonds. The first-order valence-corrected chi connectivity index (χ1v) is 7.18. The van der Waals surface area contributed by atoms with Gasteiger partial charge in [0.25, 0.3) is 0 Å². The van der Waals surface area contributed by atoms with Crippen LogP contribution in [0.2, 0.25) is 0 Å². The van der Waals surface area contributed by atoms with Crippen molar-refractivity contribution in [3.63, 3.8) is 0 Å². The van der Waals surface area contributed by atoms with Crippen molar-refractivity contribution in [3.8, 4) is 6.01 Å². The Hall–Kier alpha value is -1.83. The molecule has 0 N–H and O–H groups in total. The molecule has 4 nitrogen and oxygen atoms in total. The van der Waals surface area contributed by atoms with Crippen LogP contribution in [-0.2, 0) is 6.18 Å². The molecule has 0 fully saturated rings. The summed E-state index contributed by atoms with van der Waals surface area (Å²) in [6.45, 7) is 1.98. The minimum Gasteiger partial charge on any atom is -0.464 e. The van der Waals surface area contributed by atoms with Crippen LogP contribution < -0.4 is 9.64 Å². The molecule has 0 radical (unpaired) electrons. The smallest absolute Gasteiger partial charge is 0.421 e. The van der Waals surface area contributed by atoms with Crippen LogP contribution in [0.5, 0.6) is 6.01 Å². The summed E-state index contributed by atoms with van der Waals surface area (Å²) in [7, 11) is 1.51. The molecule has 0 saturated heterocycles. The summed E-state index contributed by atoms with van der Waals surface area (Å²) in [5.41, 5.74) is -0.362. The maximum atomic E-state index is 13.2. The molecule has 0 aliphatic rings. The van der Waals surface area contributed by atoms with Gasteiger partial charge in [-0.25, -0.2) is 4.98 Å². The SMILES string of the molecule is CCOc1ncc(C(F)(F)F)c(N(C)c2cccc(Br)c2)n1. The maximum absolute atomic E-state index is 13.2. The lowest BCUT2D eigenvalue weighted by molar-refractivity contribution is -0.137. The molecule has 0 aliphatic carbocycles. The van der Waals surface area contributed by atoms with Crippen molar-refractivity contribution in [1.29, 1.82) is 0 Å². The third-order valence-electron chi connectivity index (χ3n) is 2.84. The third-order valence-corrected chi connectivity index (χ3v) is 3.33. The summed E-state index contributed by atoms with van der Waals surface area (Å²) >= 11 is 3.29. The highest BCUT2D eigenvalue weighted by Gasteiger charge is 2.36. The van der Waals surface area contributed by atoms with Crippen molar-refractivity contribution in [2.75, 3.05) is 18.6 Å². The van der Waals surface area contributed by atoms with Gasteiger partial charge in [-0.05, 0) is 25.1 Å². The Morgan fingerprint density at radius 1 is 1.32 bits per heavy atom. The number of halogens is 4. The van der Waals surface area contributed by atoms with Crippen molar-refractivity contribution >= 4 is 27.4 Å². The molecule has 22 heavy (non-hydrogen) atoms. The number of anilines is 2. The lowest BCUT2D eigenvalue weighted by atomic mass is 10.2. The summed E-state index contributed by atoms with van der Waals surface area (Å²) in [6, 6.07) is 6.81. The molecule has 118 valence electrons. The number of nitrogens with zero attached hydrogens (tertiary/aromatic N) is 3. The van der Waals surface area contributed by atoms with E-state index in [1.54, 1.807) is 31.2 Å². The highest BCUT2D eigenvalue weighted by molar-refractivity contribution is 9.10. The van der Waals surface area contributed by atoms with Crippen LogP contribution in [-0.4, -0.2) is 23.6 Å². The molecule has 0 atom stereocenters. The quantitative estimate of drug-likeness (QED) is 0.792. The first-order valence-electron chi connectivity index (χ1n) is 6.39. The van der Waals surface area contributed by atoms with Gasteiger partial charge in [0.2, 0.25) is 0 Å². The Morgan fingerprint density at radius 2 is 2.05 bits per heavy atom. The Morgan fingerprint density at radius 3 is 2.64 bits per heavy atom. The summed E-state index contributed by atoms with van der Waals surface area (Å²) in [6.07, 6.45) is -3.82. The van der Waals surface area contributed by atoms with E-state index in [4.69, 9.17) is 4.74 Å². The molecule has 8 heteroatoms. The van der Waals surface area contributed by atoms with Gasteiger partial charge in [0.05, 0.1) is 6.61 Å². The molecule has 1 aromatic heterocycles. The molecule has 0 saturated carbocycles. The molecule has 1 heterocycles. The van der Waals surface area contributed by atoms with Crippen LogP contribution in [0.15, 0.2) is 34.9 Å². The molecular formula is C14H13BrF3N3O. The van der Waals surface area contributed by atoms with Crippen molar-refractivity contribution in [3.05, 3.63) is 40.5 Å². The molecule has 1 aromatic carbocycles. The molecule has 0 bridgehead atoms. The monoisotopic (exact) mass is 375 g/mol. The predicted molar refractivity (Wildman–Crippen MR) is 80.4 cm³/mol. The zero-order valence-electron chi connectivity index (χ0n) is 11.9. The predicted octanol–water partition coefficient (Wildman–Crippen LogP) is 4.42. The van der Waals surface area contributed by atoms with Gasteiger partial charge in [0, 0.05) is 23.4 Å². The van der Waals surface area contributed by atoms with Crippen molar-refractivity contribution in [2.24, 2.45) is 0 Å². The van der Waals surface area contributed by atoms with Gasteiger partial charge in [-0.1, -0.05) is 22.0 Å². The maximum Gasteiger partial charge on any atom is 0.421 e. The van der Waals surface area contributed by atoms with Gasteiger partial charge >= 0.3 is 12.2 Å². The summed E-state index contributed by atoms with van der Waals surface area (Å²) in [5, 5.41) is 0. The van der Waals surface area contributed by atoms with E-state index < -0.39 is 11.7 Å². The topological polar surface area (TPSA) is 38.2 Å². The Labute approximate surface area is 134 Å². The summed E-state index contributed by atoms with van der Waals surface area (Å²) < 4.78 is 45.3. The second-order valence-corrected chi connectivity index (χ2v) is 5.28. The average Bonchev–Trinajstić information content (AvgIpc) is 2.45. The van der Waals surface area contributed by atoms with Crippen LogP contribution >= 0.6 is 15.9 Å². The van der Waals surface area contributed by atoms with Crippen molar-refractivity contribution in [1.82, 2.24) is 9.97 Å². The van der Waals surface area contributed by atoms with Gasteiger partial charge < -0.3 is 9.64 Å². The van der Waals surface area contributed by atoms with Crippen LogP contribution in [0.3, 0.4) is 0 Å². The Kier molecular flexibility index (Phi) is 4.90. The number of hydrogen-bond acceptors (Lipinski definition) is 4. The number of ether oxygens (including phenoxy) is 1. The van der Waals surface area contributed by atoms with E-state index in [0.717, 1.165) is 10.7 Å². The van der Waals surface area contributed by atoms with Gasteiger partial charge in [0.15, 0.2) is 5.82 Å². The first kappa shape index (κ1) is 16.5. The van der Waals surface area contributed by atoms with Crippen molar-refractivity contribution < 1.29 is 17.9 Å². The van der Waals surface area contributed by atoms with Crippen LogP contribution in [0, 0.1) is 0 Å². The van der Waals surface area contributed by atoms with E-state index in [1.165, 1.54) is 11.9 Å². The van der Waals surface area contributed by atoms with Crippen molar-refractivity contribution in [2.45, 2.75) is 13.1 Å². The fraction of sp³-hybridized carbons (Fsp3) is 0.286. The molecule has 0 unspecified atom stereocenters. The van der Waals surface area contributed by atoms with E-state index >= 15 is 0 Å². The van der Waals surface area contributed by atoms with Gasteiger partial charge in [0.1, 0.15) is 5.56 Å².